The van der Waals surface area contributed by atoms with Gasteiger partial charge in [0.2, 0.25) is 12.4 Å². The molecule has 1 aromatic heterocycles. The van der Waals surface area contributed by atoms with Crippen molar-refractivity contribution in [1.82, 2.24) is 4.57 Å². The molecular weight excluding hydrogens is 210 g/mol. The highest BCUT2D eigenvalue weighted by Crippen LogP contribution is 2.21. The number of nitrogens with zero attached hydrogens (tertiary/aromatic N) is 3. The van der Waals surface area contributed by atoms with Crippen molar-refractivity contribution in [3.63, 3.8) is 0 Å². The average molecular weight is 226 g/mol. The van der Waals surface area contributed by atoms with Gasteiger partial charge in [-0.05, 0) is 24.3 Å². The molecular formula is C14H16N3+. The van der Waals surface area contributed by atoms with Crippen LogP contribution in [0, 0.1) is 0 Å². The largest absolute Gasteiger partial charge is 0.378 e. The predicted octanol–water partition coefficient (Wildman–Crippen LogP) is 2.29. The smallest absolute Gasteiger partial charge is 0.228 e. The Hall–Kier alpha value is -2.03. The fourth-order valence-corrected chi connectivity index (χ4v) is 2.14. The zero-order chi connectivity index (χ0) is 11.8. The third-order valence-electron chi connectivity index (χ3n) is 3.16. The molecule has 3 heteroatoms. The lowest BCUT2D eigenvalue weighted by atomic mass is 10.2. The molecule has 0 unspecified atom stereocenters. The van der Waals surface area contributed by atoms with Crippen molar-refractivity contribution < 1.29 is 4.58 Å². The van der Waals surface area contributed by atoms with E-state index >= 15 is 0 Å². The van der Waals surface area contributed by atoms with Crippen LogP contribution < -0.4 is 4.90 Å². The summed E-state index contributed by atoms with van der Waals surface area (Å²) in [4.78, 5) is 2.11. The van der Waals surface area contributed by atoms with Crippen LogP contribution in [0.2, 0.25) is 0 Å². The first-order valence-corrected chi connectivity index (χ1v) is 5.78. The second kappa shape index (κ2) is 3.77. The van der Waals surface area contributed by atoms with E-state index in [0.717, 1.165) is 6.67 Å². The van der Waals surface area contributed by atoms with Gasteiger partial charge in [0.25, 0.3) is 0 Å². The van der Waals surface area contributed by atoms with E-state index in [9.17, 15) is 0 Å². The van der Waals surface area contributed by atoms with Crippen LogP contribution in [0.3, 0.4) is 0 Å². The maximum atomic E-state index is 2.26. The summed E-state index contributed by atoms with van der Waals surface area (Å²) in [6.07, 6.45) is 4.30. The van der Waals surface area contributed by atoms with Crippen LogP contribution in [0.25, 0.3) is 0 Å². The monoisotopic (exact) mass is 226 g/mol. The van der Waals surface area contributed by atoms with Gasteiger partial charge in [0, 0.05) is 38.1 Å². The molecule has 0 amide bonds. The van der Waals surface area contributed by atoms with E-state index in [-0.39, 0.29) is 0 Å². The first kappa shape index (κ1) is 10.1. The number of hydrogen-bond donors (Lipinski definition) is 0. The Balaban J connectivity index is 1.89. The average Bonchev–Trinajstić information content (AvgIpc) is 2.89. The normalized spacial score (nSPS) is 13.4. The predicted molar refractivity (Wildman–Crippen MR) is 70.3 cm³/mol. The summed E-state index contributed by atoms with van der Waals surface area (Å²) in [5.74, 6) is 0. The van der Waals surface area contributed by atoms with E-state index in [1.165, 1.54) is 17.1 Å². The van der Waals surface area contributed by atoms with Crippen molar-refractivity contribution >= 4 is 17.6 Å². The Morgan fingerprint density at radius 2 is 1.88 bits per heavy atom. The molecule has 0 aliphatic carbocycles. The molecule has 2 heterocycles. The lowest BCUT2D eigenvalue weighted by Crippen LogP contribution is -2.09. The van der Waals surface area contributed by atoms with Crippen LogP contribution in [0.4, 0.5) is 11.4 Å². The number of anilines is 1. The van der Waals surface area contributed by atoms with Gasteiger partial charge < -0.3 is 4.90 Å². The Bertz CT molecular complexity index is 561. The number of fused-ring (bicyclic) bond motifs is 1. The van der Waals surface area contributed by atoms with Gasteiger partial charge in [-0.3, -0.25) is 4.57 Å². The van der Waals surface area contributed by atoms with E-state index in [1.807, 2.05) is 0 Å². The quantitative estimate of drug-likeness (QED) is 0.715. The molecule has 2 aromatic rings. The van der Waals surface area contributed by atoms with Crippen LogP contribution in [-0.4, -0.2) is 29.5 Å². The lowest BCUT2D eigenvalue weighted by Gasteiger charge is -2.11. The first-order chi connectivity index (χ1) is 8.24. The summed E-state index contributed by atoms with van der Waals surface area (Å²) in [7, 11) is 4.12. The number of hydrogen-bond acceptors (Lipinski definition) is 1. The minimum Gasteiger partial charge on any atom is -0.378 e. The Morgan fingerprint density at radius 1 is 1.12 bits per heavy atom. The van der Waals surface area contributed by atoms with Gasteiger partial charge in [0.05, 0.1) is 0 Å². The molecule has 0 bridgehead atoms. The Morgan fingerprint density at radius 3 is 2.53 bits per heavy atom. The Kier molecular flexibility index (Phi) is 2.25. The summed E-state index contributed by atoms with van der Waals surface area (Å²) in [5, 5.41) is 0. The molecule has 0 atom stereocenters. The summed E-state index contributed by atoms with van der Waals surface area (Å²) < 4.78 is 4.49. The van der Waals surface area contributed by atoms with E-state index < -0.39 is 0 Å². The second-order valence-corrected chi connectivity index (χ2v) is 4.55. The third kappa shape index (κ3) is 1.73. The van der Waals surface area contributed by atoms with Crippen molar-refractivity contribution in [3.05, 3.63) is 48.3 Å². The minimum absolute atomic E-state index is 0.906. The molecule has 1 aliphatic rings. The maximum absolute atomic E-state index is 2.26. The van der Waals surface area contributed by atoms with E-state index in [0.29, 0.717) is 0 Å². The van der Waals surface area contributed by atoms with Crippen molar-refractivity contribution in [3.8, 4) is 0 Å². The molecule has 0 spiro atoms. The molecule has 17 heavy (non-hydrogen) atoms. The highest BCUT2D eigenvalue weighted by molar-refractivity contribution is 5.75. The van der Waals surface area contributed by atoms with E-state index in [2.05, 4.69) is 76.9 Å². The van der Waals surface area contributed by atoms with Crippen molar-refractivity contribution in [2.75, 3.05) is 19.0 Å². The molecule has 0 saturated carbocycles. The van der Waals surface area contributed by atoms with Gasteiger partial charge in [-0.25, -0.2) is 0 Å². The fourth-order valence-electron chi connectivity index (χ4n) is 2.14. The Labute approximate surface area is 101 Å². The highest BCUT2D eigenvalue weighted by Gasteiger charge is 2.19. The maximum Gasteiger partial charge on any atom is 0.228 e. The minimum atomic E-state index is 0.906. The first-order valence-electron chi connectivity index (χ1n) is 5.78. The standard InChI is InChI=1S/C14H16N3/c1-15(2)12-5-7-13(8-6-12)17-10-14-4-3-9-16(14)11-17/h3-10H,11H2,1-2H3/q+1. The zero-order valence-electron chi connectivity index (χ0n) is 10.2. The summed E-state index contributed by atoms with van der Waals surface area (Å²) in [6.45, 7) is 0.906. The molecule has 0 radical (unpaired) electrons. The van der Waals surface area contributed by atoms with Gasteiger partial charge >= 0.3 is 0 Å². The summed E-state index contributed by atoms with van der Waals surface area (Å²) in [6, 6.07) is 12.8. The van der Waals surface area contributed by atoms with E-state index in [4.69, 9.17) is 0 Å². The van der Waals surface area contributed by atoms with Crippen LogP contribution in [0.5, 0.6) is 0 Å². The molecule has 3 rings (SSSR count). The van der Waals surface area contributed by atoms with Gasteiger partial charge in [-0.15, -0.1) is 0 Å². The number of rotatable bonds is 2. The molecule has 86 valence electrons. The molecule has 3 nitrogen and oxygen atoms in total. The summed E-state index contributed by atoms with van der Waals surface area (Å²) >= 11 is 0. The second-order valence-electron chi connectivity index (χ2n) is 4.55. The molecule has 0 fully saturated rings. The van der Waals surface area contributed by atoms with Crippen molar-refractivity contribution in [2.45, 2.75) is 6.67 Å². The van der Waals surface area contributed by atoms with Crippen LogP contribution >= 0.6 is 0 Å². The van der Waals surface area contributed by atoms with Gasteiger partial charge in [-0.2, -0.15) is 4.58 Å². The van der Waals surface area contributed by atoms with Gasteiger partial charge in [0.1, 0.15) is 5.69 Å². The van der Waals surface area contributed by atoms with Gasteiger partial charge in [0.15, 0.2) is 6.21 Å². The molecule has 1 aromatic carbocycles. The highest BCUT2D eigenvalue weighted by atomic mass is 15.2. The molecule has 0 saturated heterocycles. The lowest BCUT2D eigenvalue weighted by molar-refractivity contribution is -0.463. The third-order valence-corrected chi connectivity index (χ3v) is 3.16. The van der Waals surface area contributed by atoms with Crippen LogP contribution in [-0.2, 0) is 6.67 Å². The SMILES string of the molecule is CN(C)c1ccc([N+]2=Cc3cccn3C2)cc1. The van der Waals surface area contributed by atoms with Gasteiger partial charge in [-0.1, -0.05) is 0 Å². The van der Waals surface area contributed by atoms with Crippen LogP contribution in [0.15, 0.2) is 42.6 Å². The summed E-state index contributed by atoms with van der Waals surface area (Å²) in [5.41, 5.74) is 3.73. The molecule has 0 N–H and O–H groups in total. The molecule has 1 aliphatic heterocycles. The van der Waals surface area contributed by atoms with Crippen LogP contribution in [0.1, 0.15) is 5.69 Å². The number of aromatic nitrogens is 1. The van der Waals surface area contributed by atoms with E-state index in [1.54, 1.807) is 0 Å². The number of benzene rings is 1. The fraction of sp³-hybridized carbons (Fsp3) is 0.214. The topological polar surface area (TPSA) is 11.2 Å². The zero-order valence-corrected chi connectivity index (χ0v) is 10.2. The van der Waals surface area contributed by atoms with Crippen molar-refractivity contribution in [2.24, 2.45) is 0 Å². The van der Waals surface area contributed by atoms with Crippen molar-refractivity contribution in [1.29, 1.82) is 0 Å².